The quantitative estimate of drug-likeness (QED) is 0.606. The smallest absolute Gasteiger partial charge is 0.293 e. The van der Waals surface area contributed by atoms with Gasteiger partial charge in [0.2, 0.25) is 0 Å². The summed E-state index contributed by atoms with van der Waals surface area (Å²) in [5.74, 6) is -0.346. The minimum Gasteiger partial charge on any atom is -0.378 e. The Balaban J connectivity index is 2.96. The Morgan fingerprint density at radius 2 is 2.10 bits per heavy atom. The first-order valence-electron chi connectivity index (χ1n) is 6.27. The van der Waals surface area contributed by atoms with E-state index in [1.54, 1.807) is 12.1 Å². The summed E-state index contributed by atoms with van der Waals surface area (Å²) in [6, 6.07) is 4.63. The number of nitro groups is 1. The Hall–Kier alpha value is -2.15. The second-order valence-electron chi connectivity index (χ2n) is 4.76. The predicted molar refractivity (Wildman–Crippen MR) is 78.1 cm³/mol. The summed E-state index contributed by atoms with van der Waals surface area (Å²) in [6.07, 6.45) is 0. The highest BCUT2D eigenvalue weighted by molar-refractivity contribution is 5.95. The molecule has 1 unspecified atom stereocenters. The number of nitrogens with one attached hydrogen (secondary N) is 2. The van der Waals surface area contributed by atoms with Gasteiger partial charge >= 0.3 is 0 Å². The van der Waals surface area contributed by atoms with Crippen molar-refractivity contribution in [3.63, 3.8) is 0 Å². The molecule has 1 rings (SSSR count). The normalized spacial score (nSPS) is 12.1. The number of hydrogen-bond acceptors (Lipinski definition) is 5. The van der Waals surface area contributed by atoms with Gasteiger partial charge in [0, 0.05) is 31.3 Å². The first-order chi connectivity index (χ1) is 9.36. The molecule has 20 heavy (non-hydrogen) atoms. The van der Waals surface area contributed by atoms with Gasteiger partial charge in [0.25, 0.3) is 11.6 Å². The summed E-state index contributed by atoms with van der Waals surface area (Å²) in [6.45, 7) is 2.59. The van der Waals surface area contributed by atoms with Crippen LogP contribution in [0.2, 0.25) is 0 Å². The molecule has 0 aromatic heterocycles. The molecular formula is C13H20N4O3. The van der Waals surface area contributed by atoms with Crippen LogP contribution in [0.5, 0.6) is 0 Å². The van der Waals surface area contributed by atoms with Crippen LogP contribution < -0.4 is 10.6 Å². The van der Waals surface area contributed by atoms with Crippen LogP contribution in [-0.2, 0) is 0 Å². The van der Waals surface area contributed by atoms with E-state index in [2.05, 4.69) is 10.6 Å². The summed E-state index contributed by atoms with van der Waals surface area (Å²) < 4.78 is 0. The molecule has 0 radical (unpaired) electrons. The lowest BCUT2D eigenvalue weighted by molar-refractivity contribution is -0.384. The highest BCUT2D eigenvalue weighted by atomic mass is 16.6. The van der Waals surface area contributed by atoms with Crippen LogP contribution in [0.15, 0.2) is 18.2 Å². The standard InChI is InChI=1S/C13H20N4O3/c1-9(16(3)4)8-15-11-6-5-10(13(18)14-2)7-12(11)17(19)20/h5-7,9,15H,8H2,1-4H3,(H,14,18). The Morgan fingerprint density at radius 1 is 1.45 bits per heavy atom. The Bertz CT molecular complexity index is 502. The lowest BCUT2D eigenvalue weighted by Gasteiger charge is -2.20. The van der Waals surface area contributed by atoms with E-state index >= 15 is 0 Å². The SMILES string of the molecule is CNC(=O)c1ccc(NCC(C)N(C)C)c([N+](=O)[O-])c1. The van der Waals surface area contributed by atoms with Crippen molar-refractivity contribution >= 4 is 17.3 Å². The zero-order valence-electron chi connectivity index (χ0n) is 12.1. The minimum absolute atomic E-state index is 0.0999. The summed E-state index contributed by atoms with van der Waals surface area (Å²) in [5.41, 5.74) is 0.582. The number of benzene rings is 1. The van der Waals surface area contributed by atoms with Crippen molar-refractivity contribution in [1.29, 1.82) is 0 Å². The van der Waals surface area contributed by atoms with Crippen LogP contribution in [0.3, 0.4) is 0 Å². The van der Waals surface area contributed by atoms with Gasteiger partial charge < -0.3 is 15.5 Å². The first-order valence-corrected chi connectivity index (χ1v) is 6.27. The Kier molecular flexibility index (Phi) is 5.45. The van der Waals surface area contributed by atoms with Gasteiger partial charge in [-0.15, -0.1) is 0 Å². The second kappa shape index (κ2) is 6.85. The Morgan fingerprint density at radius 3 is 2.60 bits per heavy atom. The monoisotopic (exact) mass is 280 g/mol. The number of anilines is 1. The molecule has 0 bridgehead atoms. The molecule has 0 aliphatic carbocycles. The van der Waals surface area contributed by atoms with Crippen molar-refractivity contribution in [3.05, 3.63) is 33.9 Å². The number of rotatable bonds is 6. The first kappa shape index (κ1) is 15.9. The van der Waals surface area contributed by atoms with E-state index in [1.807, 2.05) is 25.9 Å². The molecule has 0 fully saturated rings. The van der Waals surface area contributed by atoms with E-state index in [0.29, 0.717) is 12.2 Å². The van der Waals surface area contributed by atoms with Crippen LogP contribution in [0.25, 0.3) is 0 Å². The topological polar surface area (TPSA) is 87.5 Å². The van der Waals surface area contributed by atoms with Gasteiger partial charge in [-0.25, -0.2) is 0 Å². The van der Waals surface area contributed by atoms with Crippen molar-refractivity contribution < 1.29 is 9.72 Å². The van der Waals surface area contributed by atoms with Crippen LogP contribution in [0.4, 0.5) is 11.4 Å². The van der Waals surface area contributed by atoms with Gasteiger partial charge in [0.1, 0.15) is 5.69 Å². The molecule has 110 valence electrons. The fraction of sp³-hybridized carbons (Fsp3) is 0.462. The van der Waals surface area contributed by atoms with Crippen molar-refractivity contribution in [3.8, 4) is 0 Å². The molecule has 0 spiro atoms. The molecule has 1 aromatic rings. The summed E-state index contributed by atoms with van der Waals surface area (Å²) >= 11 is 0. The highest BCUT2D eigenvalue weighted by Gasteiger charge is 2.17. The lowest BCUT2D eigenvalue weighted by atomic mass is 10.1. The fourth-order valence-electron chi connectivity index (χ4n) is 1.56. The molecule has 2 N–H and O–H groups in total. The molecule has 1 amide bonds. The number of likely N-dealkylation sites (N-methyl/N-ethyl adjacent to an activating group) is 1. The molecule has 0 saturated carbocycles. The highest BCUT2D eigenvalue weighted by Crippen LogP contribution is 2.25. The van der Waals surface area contributed by atoms with Crippen LogP contribution in [0.1, 0.15) is 17.3 Å². The van der Waals surface area contributed by atoms with Gasteiger partial charge in [-0.1, -0.05) is 0 Å². The molecule has 0 aliphatic rings. The van der Waals surface area contributed by atoms with Gasteiger partial charge in [0.05, 0.1) is 4.92 Å². The zero-order valence-corrected chi connectivity index (χ0v) is 12.1. The average Bonchev–Trinajstić information content (AvgIpc) is 2.43. The van der Waals surface area contributed by atoms with Gasteiger partial charge in [0.15, 0.2) is 0 Å². The summed E-state index contributed by atoms with van der Waals surface area (Å²) in [5, 5.41) is 16.6. The predicted octanol–water partition coefficient (Wildman–Crippen LogP) is 1.32. The molecular weight excluding hydrogens is 260 g/mol. The molecule has 1 atom stereocenters. The van der Waals surface area contributed by atoms with Crippen LogP contribution >= 0.6 is 0 Å². The number of amides is 1. The molecule has 0 saturated heterocycles. The van der Waals surface area contributed by atoms with Crippen molar-refractivity contribution in [1.82, 2.24) is 10.2 Å². The van der Waals surface area contributed by atoms with E-state index in [4.69, 9.17) is 0 Å². The van der Waals surface area contributed by atoms with Gasteiger partial charge in [-0.2, -0.15) is 0 Å². The number of carbonyl (C=O) groups excluding carboxylic acids is 1. The second-order valence-corrected chi connectivity index (χ2v) is 4.76. The van der Waals surface area contributed by atoms with Gasteiger partial charge in [-0.3, -0.25) is 14.9 Å². The number of hydrogen-bond donors (Lipinski definition) is 2. The van der Waals surface area contributed by atoms with Crippen molar-refractivity contribution in [2.45, 2.75) is 13.0 Å². The largest absolute Gasteiger partial charge is 0.378 e. The third-order valence-corrected chi connectivity index (χ3v) is 3.15. The van der Waals surface area contributed by atoms with Crippen molar-refractivity contribution in [2.75, 3.05) is 33.0 Å². The number of nitro benzene ring substituents is 1. The summed E-state index contributed by atoms with van der Waals surface area (Å²) in [4.78, 5) is 24.1. The Labute approximate surface area is 118 Å². The van der Waals surface area contributed by atoms with E-state index in [1.165, 1.54) is 13.1 Å². The molecule has 1 aromatic carbocycles. The number of carbonyl (C=O) groups is 1. The minimum atomic E-state index is -0.491. The van der Waals surface area contributed by atoms with E-state index < -0.39 is 4.92 Å². The molecule has 0 heterocycles. The van der Waals surface area contributed by atoms with Crippen molar-refractivity contribution in [2.24, 2.45) is 0 Å². The maximum Gasteiger partial charge on any atom is 0.293 e. The van der Waals surface area contributed by atoms with Gasteiger partial charge in [-0.05, 0) is 33.2 Å². The lowest BCUT2D eigenvalue weighted by Crippen LogP contribution is -2.31. The third kappa shape index (κ3) is 3.92. The third-order valence-electron chi connectivity index (χ3n) is 3.15. The molecule has 0 aliphatic heterocycles. The maximum atomic E-state index is 11.5. The summed E-state index contributed by atoms with van der Waals surface area (Å²) in [7, 11) is 5.37. The molecule has 7 heteroatoms. The average molecular weight is 280 g/mol. The maximum absolute atomic E-state index is 11.5. The van der Waals surface area contributed by atoms with E-state index in [-0.39, 0.29) is 23.2 Å². The molecule has 7 nitrogen and oxygen atoms in total. The van der Waals surface area contributed by atoms with E-state index in [0.717, 1.165) is 0 Å². The zero-order chi connectivity index (χ0) is 15.3. The number of nitrogens with zero attached hydrogens (tertiary/aromatic N) is 2. The van der Waals surface area contributed by atoms with Crippen LogP contribution in [-0.4, -0.2) is 49.5 Å². The fourth-order valence-corrected chi connectivity index (χ4v) is 1.56. The van der Waals surface area contributed by atoms with Crippen LogP contribution in [0, 0.1) is 10.1 Å². The van der Waals surface area contributed by atoms with E-state index in [9.17, 15) is 14.9 Å².